The third kappa shape index (κ3) is 8.40. The highest BCUT2D eigenvalue weighted by atomic mass is 16.5. The Kier molecular flexibility index (Phi) is 8.90. The Morgan fingerprint density at radius 2 is 1.56 bits per heavy atom. The third-order valence-corrected chi connectivity index (χ3v) is 4.02. The molecule has 1 amide bonds. The van der Waals surface area contributed by atoms with E-state index in [1.165, 1.54) is 0 Å². The van der Waals surface area contributed by atoms with Crippen LogP contribution >= 0.6 is 0 Å². The highest BCUT2D eigenvalue weighted by Gasteiger charge is 2.16. The van der Waals surface area contributed by atoms with Gasteiger partial charge in [-0.15, -0.1) is 0 Å². The first-order chi connectivity index (χ1) is 13.2. The van der Waals surface area contributed by atoms with Crippen molar-refractivity contribution in [3.05, 3.63) is 71.8 Å². The van der Waals surface area contributed by atoms with Gasteiger partial charge in [0.05, 0.1) is 6.61 Å². The maximum absolute atomic E-state index is 12.2. The van der Waals surface area contributed by atoms with E-state index < -0.39 is 6.09 Å². The number of hydrogen-bond acceptors (Lipinski definition) is 4. The average Bonchev–Trinajstić information content (AvgIpc) is 2.70. The van der Waals surface area contributed by atoms with Gasteiger partial charge in [0.25, 0.3) is 0 Å². The van der Waals surface area contributed by atoms with Crippen molar-refractivity contribution in [2.24, 2.45) is 0 Å². The standard InChI is InChI=1S/C22H27NO4/c1-2-15-26-21(24)14-13-20(16-18-9-5-3-6-10-18)23-22(25)27-17-19-11-7-4-8-12-19/h3-12,20H,2,13-17H2,1H3,(H,23,25)/t20-/m0/s1. The minimum atomic E-state index is -0.485. The normalized spacial score (nSPS) is 11.4. The number of amides is 1. The molecule has 0 aliphatic carbocycles. The van der Waals surface area contributed by atoms with Gasteiger partial charge in [-0.2, -0.15) is 0 Å². The Morgan fingerprint density at radius 1 is 0.926 bits per heavy atom. The van der Waals surface area contributed by atoms with Gasteiger partial charge in [-0.1, -0.05) is 67.6 Å². The van der Waals surface area contributed by atoms with Gasteiger partial charge in [-0.3, -0.25) is 4.79 Å². The maximum atomic E-state index is 12.2. The predicted octanol–water partition coefficient (Wildman–Crippen LogP) is 4.26. The molecule has 0 bridgehead atoms. The van der Waals surface area contributed by atoms with Crippen molar-refractivity contribution in [1.82, 2.24) is 5.32 Å². The second-order valence-electron chi connectivity index (χ2n) is 6.35. The fourth-order valence-electron chi connectivity index (χ4n) is 2.64. The molecule has 0 aromatic heterocycles. The molecule has 0 aliphatic heterocycles. The first kappa shape index (κ1) is 20.5. The van der Waals surface area contributed by atoms with Crippen LogP contribution in [0.4, 0.5) is 4.79 Å². The summed E-state index contributed by atoms with van der Waals surface area (Å²) < 4.78 is 10.4. The van der Waals surface area contributed by atoms with Crippen molar-refractivity contribution in [3.8, 4) is 0 Å². The molecule has 5 heteroatoms. The Labute approximate surface area is 160 Å². The molecule has 0 radical (unpaired) electrons. The fraction of sp³-hybridized carbons (Fsp3) is 0.364. The van der Waals surface area contributed by atoms with Crippen molar-refractivity contribution < 1.29 is 19.1 Å². The molecule has 5 nitrogen and oxygen atoms in total. The Morgan fingerprint density at radius 3 is 2.19 bits per heavy atom. The topological polar surface area (TPSA) is 64.6 Å². The van der Waals surface area contributed by atoms with Crippen LogP contribution in [0.25, 0.3) is 0 Å². The van der Waals surface area contributed by atoms with E-state index in [1.807, 2.05) is 67.6 Å². The molecule has 2 aromatic carbocycles. The van der Waals surface area contributed by atoms with Crippen LogP contribution in [0.3, 0.4) is 0 Å². The molecule has 0 fully saturated rings. The molecular formula is C22H27NO4. The highest BCUT2D eigenvalue weighted by molar-refractivity contribution is 5.70. The summed E-state index contributed by atoms with van der Waals surface area (Å²) in [6.45, 7) is 2.59. The molecule has 1 N–H and O–H groups in total. The van der Waals surface area contributed by atoms with Crippen LogP contribution in [0.15, 0.2) is 60.7 Å². The Hall–Kier alpha value is -2.82. The molecule has 0 saturated carbocycles. The Balaban J connectivity index is 1.87. The number of nitrogens with one attached hydrogen (secondary N) is 1. The van der Waals surface area contributed by atoms with E-state index >= 15 is 0 Å². The molecule has 1 atom stereocenters. The van der Waals surface area contributed by atoms with E-state index in [0.717, 1.165) is 17.5 Å². The first-order valence-corrected chi connectivity index (χ1v) is 9.34. The second-order valence-corrected chi connectivity index (χ2v) is 6.35. The monoisotopic (exact) mass is 369 g/mol. The lowest BCUT2D eigenvalue weighted by Gasteiger charge is -2.18. The van der Waals surface area contributed by atoms with Gasteiger partial charge < -0.3 is 14.8 Å². The summed E-state index contributed by atoms with van der Waals surface area (Å²) in [5.41, 5.74) is 2.02. The van der Waals surface area contributed by atoms with Crippen molar-refractivity contribution >= 4 is 12.1 Å². The van der Waals surface area contributed by atoms with E-state index in [0.29, 0.717) is 19.4 Å². The zero-order valence-electron chi connectivity index (χ0n) is 15.7. The summed E-state index contributed by atoms with van der Waals surface area (Å²) >= 11 is 0. The summed E-state index contributed by atoms with van der Waals surface area (Å²) in [7, 11) is 0. The number of ether oxygens (including phenoxy) is 2. The lowest BCUT2D eigenvalue weighted by Crippen LogP contribution is -2.37. The number of hydrogen-bond donors (Lipinski definition) is 1. The van der Waals surface area contributed by atoms with Gasteiger partial charge >= 0.3 is 12.1 Å². The van der Waals surface area contributed by atoms with E-state index in [4.69, 9.17) is 9.47 Å². The van der Waals surface area contributed by atoms with Crippen molar-refractivity contribution in [2.45, 2.75) is 45.3 Å². The van der Waals surface area contributed by atoms with Crippen LogP contribution in [0.5, 0.6) is 0 Å². The smallest absolute Gasteiger partial charge is 0.407 e. The summed E-state index contributed by atoms with van der Waals surface area (Å²) in [5.74, 6) is -0.241. The SMILES string of the molecule is CCCOC(=O)CC[C@@H](Cc1ccccc1)NC(=O)OCc1ccccc1. The summed E-state index contributed by atoms with van der Waals surface area (Å²) in [4.78, 5) is 24.0. The lowest BCUT2D eigenvalue weighted by molar-refractivity contribution is -0.143. The van der Waals surface area contributed by atoms with Gasteiger partial charge in [0.2, 0.25) is 0 Å². The fourth-order valence-corrected chi connectivity index (χ4v) is 2.64. The number of carbonyl (C=O) groups is 2. The second kappa shape index (κ2) is 11.7. The molecular weight excluding hydrogens is 342 g/mol. The molecule has 0 saturated heterocycles. The molecule has 0 heterocycles. The molecule has 0 spiro atoms. The summed E-state index contributed by atoms with van der Waals surface area (Å²) in [5, 5.41) is 2.88. The predicted molar refractivity (Wildman–Crippen MR) is 104 cm³/mol. The van der Waals surface area contributed by atoms with Crippen molar-refractivity contribution in [3.63, 3.8) is 0 Å². The number of alkyl carbamates (subject to hydrolysis) is 1. The Bertz CT molecular complexity index is 688. The van der Waals surface area contributed by atoms with Gasteiger partial charge in [-0.25, -0.2) is 4.79 Å². The molecule has 0 aliphatic rings. The summed E-state index contributed by atoms with van der Waals surface area (Å²) in [6.07, 6.45) is 1.70. The van der Waals surface area contributed by atoms with E-state index in [9.17, 15) is 9.59 Å². The van der Waals surface area contributed by atoms with Gasteiger partial charge in [0, 0.05) is 12.5 Å². The van der Waals surface area contributed by atoms with E-state index in [1.54, 1.807) is 0 Å². The van der Waals surface area contributed by atoms with E-state index in [2.05, 4.69) is 5.32 Å². The highest BCUT2D eigenvalue weighted by Crippen LogP contribution is 2.10. The minimum Gasteiger partial charge on any atom is -0.466 e. The zero-order chi connectivity index (χ0) is 19.3. The third-order valence-electron chi connectivity index (χ3n) is 4.02. The molecule has 0 unspecified atom stereocenters. The number of rotatable bonds is 10. The van der Waals surface area contributed by atoms with Crippen LogP contribution in [0.2, 0.25) is 0 Å². The van der Waals surface area contributed by atoms with Crippen molar-refractivity contribution in [2.75, 3.05) is 6.61 Å². The minimum absolute atomic E-state index is 0.204. The van der Waals surface area contributed by atoms with Crippen LogP contribution < -0.4 is 5.32 Å². The van der Waals surface area contributed by atoms with E-state index in [-0.39, 0.29) is 25.0 Å². The maximum Gasteiger partial charge on any atom is 0.407 e. The quantitative estimate of drug-likeness (QED) is 0.636. The van der Waals surface area contributed by atoms with Crippen LogP contribution in [-0.2, 0) is 27.3 Å². The average molecular weight is 369 g/mol. The number of carbonyl (C=O) groups excluding carboxylic acids is 2. The largest absolute Gasteiger partial charge is 0.466 e. The van der Waals surface area contributed by atoms with Crippen LogP contribution in [-0.4, -0.2) is 24.7 Å². The number of esters is 1. The number of benzene rings is 2. The zero-order valence-corrected chi connectivity index (χ0v) is 15.7. The lowest BCUT2D eigenvalue weighted by atomic mass is 10.0. The van der Waals surface area contributed by atoms with Crippen molar-refractivity contribution in [1.29, 1.82) is 0 Å². The van der Waals surface area contributed by atoms with Gasteiger partial charge in [0.1, 0.15) is 6.61 Å². The molecule has 27 heavy (non-hydrogen) atoms. The molecule has 2 rings (SSSR count). The van der Waals surface area contributed by atoms with Crippen LogP contribution in [0, 0.1) is 0 Å². The van der Waals surface area contributed by atoms with Gasteiger partial charge in [-0.05, 0) is 30.4 Å². The molecule has 2 aromatic rings. The van der Waals surface area contributed by atoms with Crippen LogP contribution in [0.1, 0.15) is 37.3 Å². The first-order valence-electron chi connectivity index (χ1n) is 9.34. The molecule has 144 valence electrons. The van der Waals surface area contributed by atoms with Gasteiger partial charge in [0.15, 0.2) is 0 Å². The summed E-state index contributed by atoms with van der Waals surface area (Å²) in [6, 6.07) is 19.2.